The molecule has 0 aliphatic carbocycles. The van der Waals surface area contributed by atoms with Crippen LogP contribution in [0.15, 0.2) is 42.5 Å². The third kappa shape index (κ3) is 3.38. The maximum absolute atomic E-state index is 10.8. The zero-order valence-electron chi connectivity index (χ0n) is 12.6. The van der Waals surface area contributed by atoms with Crippen molar-refractivity contribution in [3.8, 4) is 22.6 Å². The van der Waals surface area contributed by atoms with Crippen LogP contribution in [0, 0.1) is 0 Å². The van der Waals surface area contributed by atoms with Crippen LogP contribution < -0.4 is 15.2 Å². The molecule has 3 N–H and O–H groups in total. The molecule has 0 radical (unpaired) electrons. The molecular weight excluding hydrogens is 282 g/mol. The zero-order chi connectivity index (χ0) is 16.1. The monoisotopic (exact) mass is 301 g/mol. The van der Waals surface area contributed by atoms with Crippen LogP contribution in [0.25, 0.3) is 11.1 Å². The second-order valence-corrected chi connectivity index (χ2v) is 4.87. The van der Waals surface area contributed by atoms with Gasteiger partial charge in [-0.1, -0.05) is 30.3 Å². The smallest absolute Gasteiger partial charge is 0.305 e. The first-order valence-electron chi connectivity index (χ1n) is 6.85. The molecule has 0 aliphatic heterocycles. The van der Waals surface area contributed by atoms with E-state index < -0.39 is 12.0 Å². The molecule has 0 amide bonds. The summed E-state index contributed by atoms with van der Waals surface area (Å²) in [5.74, 6) is 0.353. The Labute approximate surface area is 129 Å². The first-order chi connectivity index (χ1) is 10.6. The largest absolute Gasteiger partial charge is 0.493 e. The van der Waals surface area contributed by atoms with Gasteiger partial charge in [0.05, 0.1) is 20.6 Å². The van der Waals surface area contributed by atoms with E-state index in [0.717, 1.165) is 16.7 Å². The van der Waals surface area contributed by atoms with Gasteiger partial charge >= 0.3 is 5.97 Å². The Morgan fingerprint density at radius 1 is 1.18 bits per heavy atom. The normalized spacial score (nSPS) is 11.8. The van der Waals surface area contributed by atoms with Crippen LogP contribution in [0.3, 0.4) is 0 Å². The summed E-state index contributed by atoms with van der Waals surface area (Å²) in [4.78, 5) is 10.8. The van der Waals surface area contributed by atoms with Gasteiger partial charge in [0.15, 0.2) is 11.5 Å². The molecule has 2 aromatic carbocycles. The number of aliphatic carboxylic acids is 1. The molecule has 0 bridgehead atoms. The highest BCUT2D eigenvalue weighted by Gasteiger charge is 2.14. The van der Waals surface area contributed by atoms with E-state index in [1.807, 2.05) is 42.5 Å². The summed E-state index contributed by atoms with van der Waals surface area (Å²) in [6.07, 6.45) is -0.112. The molecule has 1 atom stereocenters. The molecule has 5 nitrogen and oxygen atoms in total. The minimum Gasteiger partial charge on any atom is -0.493 e. The maximum atomic E-state index is 10.8. The molecule has 2 rings (SSSR count). The number of rotatable bonds is 6. The molecule has 0 spiro atoms. The van der Waals surface area contributed by atoms with Crippen molar-refractivity contribution in [1.82, 2.24) is 0 Å². The molecule has 0 aliphatic rings. The molecular formula is C17H19NO4. The highest BCUT2D eigenvalue weighted by Crippen LogP contribution is 2.38. The Morgan fingerprint density at radius 2 is 1.91 bits per heavy atom. The van der Waals surface area contributed by atoms with Crippen LogP contribution >= 0.6 is 0 Å². The third-order valence-corrected chi connectivity index (χ3v) is 3.42. The van der Waals surface area contributed by atoms with Gasteiger partial charge in [0.2, 0.25) is 0 Å². The van der Waals surface area contributed by atoms with Crippen LogP contribution in [0.5, 0.6) is 11.5 Å². The number of benzene rings is 2. The first-order valence-corrected chi connectivity index (χ1v) is 6.85. The molecule has 0 saturated carbocycles. The lowest BCUT2D eigenvalue weighted by Gasteiger charge is -2.15. The molecule has 5 heteroatoms. The lowest BCUT2D eigenvalue weighted by atomic mass is 9.97. The molecule has 0 heterocycles. The van der Waals surface area contributed by atoms with Crippen LogP contribution in [-0.4, -0.2) is 25.3 Å². The van der Waals surface area contributed by atoms with Crippen molar-refractivity contribution in [2.24, 2.45) is 5.73 Å². The van der Waals surface area contributed by atoms with Crippen LogP contribution in [-0.2, 0) is 4.79 Å². The van der Waals surface area contributed by atoms with E-state index in [0.29, 0.717) is 11.5 Å². The summed E-state index contributed by atoms with van der Waals surface area (Å²) >= 11 is 0. The number of methoxy groups -OCH3 is 2. The number of ether oxygens (including phenoxy) is 2. The predicted octanol–water partition coefficient (Wildman–Crippen LogP) is 2.85. The molecule has 0 aromatic heterocycles. The molecule has 1 unspecified atom stereocenters. The van der Waals surface area contributed by atoms with Gasteiger partial charge in [-0.05, 0) is 23.3 Å². The SMILES string of the molecule is COc1cccc(-c2cccc(C(N)CC(=O)O)c2)c1OC. The predicted molar refractivity (Wildman–Crippen MR) is 84.2 cm³/mol. The van der Waals surface area contributed by atoms with Gasteiger partial charge < -0.3 is 20.3 Å². The van der Waals surface area contributed by atoms with Crippen LogP contribution in [0.1, 0.15) is 18.0 Å². The summed E-state index contributed by atoms with van der Waals surface area (Å²) in [6.45, 7) is 0. The zero-order valence-corrected chi connectivity index (χ0v) is 12.6. The van der Waals surface area contributed by atoms with Gasteiger partial charge in [-0.15, -0.1) is 0 Å². The van der Waals surface area contributed by atoms with Crippen molar-refractivity contribution < 1.29 is 19.4 Å². The van der Waals surface area contributed by atoms with Crippen molar-refractivity contribution in [3.05, 3.63) is 48.0 Å². The molecule has 2 aromatic rings. The number of hydrogen-bond acceptors (Lipinski definition) is 4. The Hall–Kier alpha value is -2.53. The Kier molecular flexibility index (Phi) is 5.01. The fourth-order valence-electron chi connectivity index (χ4n) is 2.36. The second kappa shape index (κ2) is 6.95. The average Bonchev–Trinajstić information content (AvgIpc) is 2.53. The van der Waals surface area contributed by atoms with Crippen molar-refractivity contribution in [3.63, 3.8) is 0 Å². The number of carbonyl (C=O) groups is 1. The van der Waals surface area contributed by atoms with E-state index in [9.17, 15) is 4.79 Å². The van der Waals surface area contributed by atoms with Gasteiger partial charge in [0.1, 0.15) is 0 Å². The molecule has 22 heavy (non-hydrogen) atoms. The highest BCUT2D eigenvalue weighted by atomic mass is 16.5. The standard InChI is InChI=1S/C17H19NO4/c1-21-15-8-4-7-13(17(15)22-2)11-5-3-6-12(9-11)14(18)10-16(19)20/h3-9,14H,10,18H2,1-2H3,(H,19,20). The van der Waals surface area contributed by atoms with Crippen molar-refractivity contribution >= 4 is 5.97 Å². The number of hydrogen-bond donors (Lipinski definition) is 2. The molecule has 0 fully saturated rings. The summed E-state index contributed by atoms with van der Waals surface area (Å²) < 4.78 is 10.7. The summed E-state index contributed by atoms with van der Waals surface area (Å²) in [5.41, 5.74) is 8.47. The minimum absolute atomic E-state index is 0.112. The fraction of sp³-hybridized carbons (Fsp3) is 0.235. The number of carboxylic acids is 1. The van der Waals surface area contributed by atoms with Gasteiger partial charge in [-0.2, -0.15) is 0 Å². The Bertz CT molecular complexity index is 669. The van der Waals surface area contributed by atoms with Crippen LogP contribution in [0.4, 0.5) is 0 Å². The summed E-state index contributed by atoms with van der Waals surface area (Å²) in [7, 11) is 3.17. The van der Waals surface area contributed by atoms with Gasteiger partial charge in [0, 0.05) is 11.6 Å². The molecule has 0 saturated heterocycles. The lowest BCUT2D eigenvalue weighted by Crippen LogP contribution is -2.14. The topological polar surface area (TPSA) is 81.8 Å². The van der Waals surface area contributed by atoms with E-state index in [1.54, 1.807) is 14.2 Å². The summed E-state index contributed by atoms with van der Waals surface area (Å²) in [5, 5.41) is 8.87. The Morgan fingerprint density at radius 3 is 2.55 bits per heavy atom. The van der Waals surface area contributed by atoms with E-state index in [2.05, 4.69) is 0 Å². The van der Waals surface area contributed by atoms with E-state index in [1.165, 1.54) is 0 Å². The van der Waals surface area contributed by atoms with E-state index in [4.69, 9.17) is 20.3 Å². The number of carboxylic acid groups (broad SMARTS) is 1. The van der Waals surface area contributed by atoms with E-state index >= 15 is 0 Å². The highest BCUT2D eigenvalue weighted by molar-refractivity contribution is 5.74. The average molecular weight is 301 g/mol. The van der Waals surface area contributed by atoms with Gasteiger partial charge in [-0.3, -0.25) is 4.79 Å². The van der Waals surface area contributed by atoms with Gasteiger partial charge in [-0.25, -0.2) is 0 Å². The summed E-state index contributed by atoms with van der Waals surface area (Å²) in [6, 6.07) is 12.6. The number of para-hydroxylation sites is 1. The maximum Gasteiger partial charge on any atom is 0.305 e. The minimum atomic E-state index is -0.920. The van der Waals surface area contributed by atoms with E-state index in [-0.39, 0.29) is 6.42 Å². The fourth-order valence-corrected chi connectivity index (χ4v) is 2.36. The van der Waals surface area contributed by atoms with Crippen LogP contribution in [0.2, 0.25) is 0 Å². The van der Waals surface area contributed by atoms with Crippen molar-refractivity contribution in [1.29, 1.82) is 0 Å². The quantitative estimate of drug-likeness (QED) is 0.857. The second-order valence-electron chi connectivity index (χ2n) is 4.87. The van der Waals surface area contributed by atoms with Gasteiger partial charge in [0.25, 0.3) is 0 Å². The van der Waals surface area contributed by atoms with Crippen molar-refractivity contribution in [2.45, 2.75) is 12.5 Å². The molecule has 116 valence electrons. The first kappa shape index (κ1) is 15.9. The third-order valence-electron chi connectivity index (χ3n) is 3.42. The Balaban J connectivity index is 2.44. The lowest BCUT2D eigenvalue weighted by molar-refractivity contribution is -0.137. The number of nitrogens with two attached hydrogens (primary N) is 1. The van der Waals surface area contributed by atoms with Crippen molar-refractivity contribution in [2.75, 3.05) is 14.2 Å².